The summed E-state index contributed by atoms with van der Waals surface area (Å²) in [5.74, 6) is 0. The number of hydrogen-bond acceptors (Lipinski definition) is 0. The highest BCUT2D eigenvalue weighted by atomic mass is 32.1. The van der Waals surface area contributed by atoms with E-state index in [1.165, 1.54) is 103 Å². The van der Waals surface area contributed by atoms with Crippen molar-refractivity contribution in [2.45, 2.75) is 117 Å². The molecule has 0 unspecified atom stereocenters. The van der Waals surface area contributed by atoms with Crippen LogP contribution in [0.1, 0.15) is 117 Å². The largest absolute Gasteiger partial charge is 0.197 e. The van der Waals surface area contributed by atoms with Crippen LogP contribution < -0.4 is 0 Å². The first-order valence-corrected chi connectivity index (χ1v) is 8.91. The van der Waals surface area contributed by atoms with E-state index in [1.807, 2.05) is 0 Å². The number of hydrogen-bond donors (Lipinski definition) is 0. The fourth-order valence-corrected chi connectivity index (χ4v) is 2.62. The average Bonchev–Trinajstić information content (AvgIpc) is 2.39. The lowest BCUT2D eigenvalue weighted by Crippen LogP contribution is -1.83. The second-order valence-corrected chi connectivity index (χ2v) is 5.95. The monoisotopic (exact) mass is 288 g/mol. The second kappa shape index (κ2) is 20.7. The molecule has 0 N–H and O–H groups in total. The van der Waals surface area contributed by atoms with Gasteiger partial charge in [-0.3, -0.25) is 0 Å². The molecule has 0 spiro atoms. The fraction of sp³-hybridized carbons (Fsp3) is 1.00. The first kappa shape index (κ1) is 21.6. The van der Waals surface area contributed by atoms with Gasteiger partial charge in [0.1, 0.15) is 0 Å². The van der Waals surface area contributed by atoms with Crippen LogP contribution in [0, 0.1) is 0 Å². The van der Waals surface area contributed by atoms with E-state index in [-0.39, 0.29) is 13.5 Å². The highest BCUT2D eigenvalue weighted by molar-refractivity contribution is 7.59. The average molecular weight is 289 g/mol. The first-order chi connectivity index (χ1) is 8.91. The summed E-state index contributed by atoms with van der Waals surface area (Å²) in [4.78, 5) is 0. The van der Waals surface area contributed by atoms with E-state index < -0.39 is 0 Å². The molecule has 0 aromatic rings. The minimum Gasteiger partial charge on any atom is -0.197 e. The van der Waals surface area contributed by atoms with Crippen molar-refractivity contribution in [1.82, 2.24) is 0 Å². The third-order valence-corrected chi connectivity index (χ3v) is 3.96. The van der Waals surface area contributed by atoms with Crippen molar-refractivity contribution in [3.63, 3.8) is 0 Å². The van der Waals surface area contributed by atoms with Crippen molar-refractivity contribution in [3.05, 3.63) is 0 Å². The standard InChI is InChI=1S/C18H38.H2S/c1-3-5-7-9-11-13-15-17-18-16-14-12-10-8-6-4-2;/h3-18H2,1-2H3;1H2. The van der Waals surface area contributed by atoms with Gasteiger partial charge in [0.25, 0.3) is 0 Å². The van der Waals surface area contributed by atoms with Gasteiger partial charge in [-0.1, -0.05) is 117 Å². The highest BCUT2D eigenvalue weighted by Crippen LogP contribution is 2.13. The van der Waals surface area contributed by atoms with Gasteiger partial charge >= 0.3 is 0 Å². The van der Waals surface area contributed by atoms with E-state index >= 15 is 0 Å². The lowest BCUT2D eigenvalue weighted by Gasteiger charge is -2.03. The Hall–Kier alpha value is 0.350. The quantitative estimate of drug-likeness (QED) is 0.276. The van der Waals surface area contributed by atoms with Gasteiger partial charge in [-0.25, -0.2) is 0 Å². The summed E-state index contributed by atoms with van der Waals surface area (Å²) >= 11 is 0. The molecular weight excluding hydrogens is 248 g/mol. The Morgan fingerprint density at radius 3 is 0.632 bits per heavy atom. The minimum absolute atomic E-state index is 0. The van der Waals surface area contributed by atoms with Crippen molar-refractivity contribution in [3.8, 4) is 0 Å². The highest BCUT2D eigenvalue weighted by Gasteiger charge is 1.93. The van der Waals surface area contributed by atoms with Gasteiger partial charge in [0.15, 0.2) is 0 Å². The predicted octanol–water partition coefficient (Wildman–Crippen LogP) is 7.38. The molecule has 118 valence electrons. The summed E-state index contributed by atoms with van der Waals surface area (Å²) < 4.78 is 0. The normalized spacial score (nSPS) is 10.4. The van der Waals surface area contributed by atoms with Gasteiger partial charge in [-0.05, 0) is 0 Å². The van der Waals surface area contributed by atoms with Crippen LogP contribution in [0.5, 0.6) is 0 Å². The Labute approximate surface area is 130 Å². The first-order valence-electron chi connectivity index (χ1n) is 8.91. The molecule has 0 aliphatic carbocycles. The van der Waals surface area contributed by atoms with Crippen LogP contribution in [-0.4, -0.2) is 0 Å². The third-order valence-electron chi connectivity index (χ3n) is 3.96. The van der Waals surface area contributed by atoms with Crippen molar-refractivity contribution in [2.24, 2.45) is 0 Å². The van der Waals surface area contributed by atoms with Crippen LogP contribution in [-0.2, 0) is 0 Å². The molecule has 0 aromatic carbocycles. The molecule has 19 heavy (non-hydrogen) atoms. The maximum atomic E-state index is 2.29. The Morgan fingerprint density at radius 2 is 0.474 bits per heavy atom. The van der Waals surface area contributed by atoms with Gasteiger partial charge in [-0.2, -0.15) is 13.5 Å². The van der Waals surface area contributed by atoms with E-state index in [0.717, 1.165) is 0 Å². The molecule has 0 aliphatic rings. The van der Waals surface area contributed by atoms with Crippen LogP contribution in [0.4, 0.5) is 0 Å². The Morgan fingerprint density at radius 1 is 0.316 bits per heavy atom. The van der Waals surface area contributed by atoms with Gasteiger partial charge in [-0.15, -0.1) is 0 Å². The maximum Gasteiger partial charge on any atom is -0.0533 e. The van der Waals surface area contributed by atoms with E-state index in [2.05, 4.69) is 13.8 Å². The molecule has 0 saturated heterocycles. The van der Waals surface area contributed by atoms with Gasteiger partial charge in [0.05, 0.1) is 0 Å². The van der Waals surface area contributed by atoms with Crippen LogP contribution >= 0.6 is 13.5 Å². The number of unbranched alkanes of at least 4 members (excludes halogenated alkanes) is 15. The fourth-order valence-electron chi connectivity index (χ4n) is 2.62. The molecule has 0 fully saturated rings. The molecule has 0 radical (unpaired) electrons. The molecular formula is C18H40S. The second-order valence-electron chi connectivity index (χ2n) is 5.95. The smallest absolute Gasteiger partial charge is 0.0533 e. The van der Waals surface area contributed by atoms with Crippen LogP contribution in [0.15, 0.2) is 0 Å². The lowest BCUT2D eigenvalue weighted by molar-refractivity contribution is 0.531. The topological polar surface area (TPSA) is 0 Å². The summed E-state index contributed by atoms with van der Waals surface area (Å²) in [6, 6.07) is 0. The summed E-state index contributed by atoms with van der Waals surface area (Å²) in [5, 5.41) is 0. The SMILES string of the molecule is CCCCCCCCCCCCCCCCCC.S. The Bertz CT molecular complexity index is 118. The zero-order valence-corrected chi connectivity index (χ0v) is 14.8. The van der Waals surface area contributed by atoms with Crippen molar-refractivity contribution in [1.29, 1.82) is 0 Å². The zero-order chi connectivity index (χ0) is 13.3. The van der Waals surface area contributed by atoms with Gasteiger partial charge in [0, 0.05) is 0 Å². The Balaban J connectivity index is 0. The molecule has 1 heteroatoms. The lowest BCUT2D eigenvalue weighted by atomic mass is 10.0. The molecule has 0 atom stereocenters. The minimum atomic E-state index is 0. The summed E-state index contributed by atoms with van der Waals surface area (Å²) in [5.41, 5.74) is 0. The van der Waals surface area contributed by atoms with E-state index in [9.17, 15) is 0 Å². The van der Waals surface area contributed by atoms with Crippen LogP contribution in [0.2, 0.25) is 0 Å². The zero-order valence-electron chi connectivity index (χ0n) is 13.8. The molecule has 0 bridgehead atoms. The van der Waals surface area contributed by atoms with E-state index in [0.29, 0.717) is 0 Å². The predicted molar refractivity (Wildman–Crippen MR) is 95.6 cm³/mol. The maximum absolute atomic E-state index is 2.29. The van der Waals surface area contributed by atoms with Crippen molar-refractivity contribution >= 4 is 13.5 Å². The molecule has 0 aliphatic heterocycles. The van der Waals surface area contributed by atoms with Gasteiger partial charge < -0.3 is 0 Å². The summed E-state index contributed by atoms with van der Waals surface area (Å²) in [6.07, 6.45) is 23.4. The third kappa shape index (κ3) is 20.8. The Kier molecular flexibility index (Phi) is 23.5. The van der Waals surface area contributed by atoms with Crippen molar-refractivity contribution < 1.29 is 0 Å². The summed E-state index contributed by atoms with van der Waals surface area (Å²) in [7, 11) is 0. The van der Waals surface area contributed by atoms with Crippen molar-refractivity contribution in [2.75, 3.05) is 0 Å². The number of rotatable bonds is 15. The molecule has 0 saturated carbocycles. The molecule has 0 aromatic heterocycles. The van der Waals surface area contributed by atoms with Crippen LogP contribution in [0.3, 0.4) is 0 Å². The summed E-state index contributed by atoms with van der Waals surface area (Å²) in [6.45, 7) is 4.59. The van der Waals surface area contributed by atoms with Crippen LogP contribution in [0.25, 0.3) is 0 Å². The van der Waals surface area contributed by atoms with E-state index in [4.69, 9.17) is 0 Å². The van der Waals surface area contributed by atoms with Gasteiger partial charge in [0.2, 0.25) is 0 Å². The molecule has 0 amide bonds. The molecule has 0 nitrogen and oxygen atoms in total. The molecule has 0 rings (SSSR count). The van der Waals surface area contributed by atoms with E-state index in [1.54, 1.807) is 0 Å². The molecule has 0 heterocycles.